The third-order valence-corrected chi connectivity index (χ3v) is 7.35. The molecule has 10 heteroatoms. The molecule has 3 unspecified atom stereocenters. The Balaban J connectivity index is -0.000000130. The van der Waals surface area contributed by atoms with E-state index < -0.39 is 22.1 Å². The van der Waals surface area contributed by atoms with Crippen LogP contribution in [0, 0.1) is 0 Å². The van der Waals surface area contributed by atoms with Crippen LogP contribution >= 0.6 is 22.1 Å². The second kappa shape index (κ2) is 17.7. The first kappa shape index (κ1) is 32.9. The smallest absolute Gasteiger partial charge is 0.796 e. The van der Waals surface area contributed by atoms with E-state index in [1.54, 1.807) is 41.5 Å². The quantitative estimate of drug-likeness (QED) is 0.475. The summed E-state index contributed by atoms with van der Waals surface area (Å²) in [6.07, 6.45) is 5.28. The normalized spacial score (nSPS) is 18.1. The van der Waals surface area contributed by atoms with Crippen molar-refractivity contribution in [3.63, 3.8) is 0 Å². The standard InChI is InChI=1S/3C5H11O2P.Al/c3*1-3-5-8(6,7)4-2;/h3*3,5H,4H2,1-2H3,(H,6,7);/q;;;+3/p-3. The molecule has 25 heavy (non-hydrogen) atoms. The minimum Gasteiger partial charge on any atom is -0.796 e. The summed E-state index contributed by atoms with van der Waals surface area (Å²) in [5.74, 6) is 3.73. The topological polar surface area (TPSA) is 120 Å². The Morgan fingerprint density at radius 3 is 0.800 bits per heavy atom. The molecule has 0 saturated carbocycles. The Morgan fingerprint density at radius 1 is 0.600 bits per heavy atom. The second-order valence-electron chi connectivity index (χ2n) is 4.57. The third kappa shape index (κ3) is 26.7. The number of allylic oxidation sites excluding steroid dienone is 3. The maximum atomic E-state index is 10.5. The first-order chi connectivity index (χ1) is 10.9. The molecular formula is C15H30AlO6P3. The van der Waals surface area contributed by atoms with Gasteiger partial charge in [0.1, 0.15) is 0 Å². The zero-order valence-electron chi connectivity index (χ0n) is 16.0. The Kier molecular flexibility index (Phi) is 23.4. The molecule has 0 rings (SSSR count). The van der Waals surface area contributed by atoms with Gasteiger partial charge in [-0.15, -0.1) is 0 Å². The first-order valence-electron chi connectivity index (χ1n) is 7.67. The Hall–Kier alpha value is 0.322. The zero-order valence-corrected chi connectivity index (χ0v) is 19.8. The van der Waals surface area contributed by atoms with Crippen LogP contribution in [0.2, 0.25) is 0 Å². The van der Waals surface area contributed by atoms with Crippen LogP contribution in [0.3, 0.4) is 0 Å². The van der Waals surface area contributed by atoms with Gasteiger partial charge in [0, 0.05) is 22.1 Å². The summed E-state index contributed by atoms with van der Waals surface area (Å²) in [5.41, 5.74) is 0. The van der Waals surface area contributed by atoms with E-state index in [1.807, 2.05) is 0 Å². The molecule has 0 heterocycles. The molecule has 3 atom stereocenters. The largest absolute Gasteiger partial charge is 3.00 e. The summed E-state index contributed by atoms with van der Waals surface area (Å²) < 4.78 is 31.6. The molecule has 0 aromatic rings. The molecule has 0 aliphatic heterocycles. The van der Waals surface area contributed by atoms with Crippen molar-refractivity contribution in [1.29, 1.82) is 0 Å². The maximum Gasteiger partial charge on any atom is 3.00 e. The summed E-state index contributed by atoms with van der Waals surface area (Å²) in [6, 6.07) is 0. The summed E-state index contributed by atoms with van der Waals surface area (Å²) in [4.78, 5) is 31.6. The van der Waals surface area contributed by atoms with Crippen LogP contribution in [-0.4, -0.2) is 35.8 Å². The van der Waals surface area contributed by atoms with Crippen molar-refractivity contribution in [2.75, 3.05) is 18.5 Å². The van der Waals surface area contributed by atoms with Crippen LogP contribution in [0.4, 0.5) is 0 Å². The van der Waals surface area contributed by atoms with Gasteiger partial charge in [0.15, 0.2) is 0 Å². The minimum atomic E-state index is -3.10. The van der Waals surface area contributed by atoms with Gasteiger partial charge < -0.3 is 28.4 Å². The summed E-state index contributed by atoms with van der Waals surface area (Å²) in [5, 5.41) is 0. The predicted molar refractivity (Wildman–Crippen MR) is 105 cm³/mol. The zero-order chi connectivity index (χ0) is 19.9. The van der Waals surface area contributed by atoms with Crippen LogP contribution in [0.1, 0.15) is 41.5 Å². The van der Waals surface area contributed by atoms with Gasteiger partial charge in [-0.1, -0.05) is 39.0 Å². The molecule has 0 aromatic heterocycles. The first-order valence-corrected chi connectivity index (χ1v) is 13.3. The van der Waals surface area contributed by atoms with E-state index in [0.717, 1.165) is 0 Å². The van der Waals surface area contributed by atoms with Gasteiger partial charge in [-0.2, -0.15) is 0 Å². The Labute approximate surface area is 163 Å². The van der Waals surface area contributed by atoms with Crippen molar-refractivity contribution >= 4 is 39.5 Å². The number of hydrogen-bond acceptors (Lipinski definition) is 6. The van der Waals surface area contributed by atoms with Crippen molar-refractivity contribution in [1.82, 2.24) is 0 Å². The van der Waals surface area contributed by atoms with Gasteiger partial charge >= 0.3 is 17.4 Å². The van der Waals surface area contributed by atoms with Crippen LogP contribution in [0.25, 0.3) is 0 Å². The van der Waals surface area contributed by atoms with Gasteiger partial charge in [0.2, 0.25) is 0 Å². The third-order valence-electron chi connectivity index (χ3n) is 2.45. The van der Waals surface area contributed by atoms with Gasteiger partial charge in [-0.05, 0) is 56.7 Å². The van der Waals surface area contributed by atoms with Crippen molar-refractivity contribution in [3.05, 3.63) is 35.7 Å². The molecule has 0 radical (unpaired) electrons. The van der Waals surface area contributed by atoms with Gasteiger partial charge in [-0.25, -0.2) is 0 Å². The molecule has 0 aliphatic rings. The van der Waals surface area contributed by atoms with Crippen LogP contribution in [-0.2, 0) is 13.7 Å². The van der Waals surface area contributed by atoms with Crippen molar-refractivity contribution in [3.8, 4) is 0 Å². The number of hydrogen-bond donors (Lipinski definition) is 0. The van der Waals surface area contributed by atoms with E-state index in [1.165, 1.54) is 35.7 Å². The molecule has 0 fully saturated rings. The molecule has 0 amide bonds. The average molecular weight is 426 g/mol. The van der Waals surface area contributed by atoms with E-state index >= 15 is 0 Å². The summed E-state index contributed by atoms with van der Waals surface area (Å²) >= 11 is 0. The van der Waals surface area contributed by atoms with Crippen molar-refractivity contribution in [2.45, 2.75) is 41.5 Å². The molecule has 0 saturated heterocycles. The fraction of sp³-hybridized carbons (Fsp3) is 0.600. The second-order valence-corrected chi connectivity index (χ2v) is 11.7. The van der Waals surface area contributed by atoms with Crippen LogP contribution < -0.4 is 14.7 Å². The SMILES string of the molecule is CC=CP(=O)([O-])CC.CC=CP(=O)([O-])CC.CC=CP(=O)([O-])CC.[Al+3]. The van der Waals surface area contributed by atoms with E-state index in [-0.39, 0.29) is 35.8 Å². The van der Waals surface area contributed by atoms with Crippen molar-refractivity contribution in [2.24, 2.45) is 0 Å². The molecular weight excluding hydrogens is 396 g/mol. The molecule has 0 aromatic carbocycles. The fourth-order valence-corrected chi connectivity index (χ4v) is 2.99. The Bertz CT molecular complexity index is 467. The number of rotatable bonds is 6. The van der Waals surface area contributed by atoms with Gasteiger partial charge in [0.25, 0.3) is 0 Å². The Morgan fingerprint density at radius 2 is 0.760 bits per heavy atom. The van der Waals surface area contributed by atoms with Crippen LogP contribution in [0.5, 0.6) is 0 Å². The molecule has 0 aliphatic carbocycles. The van der Waals surface area contributed by atoms with Crippen LogP contribution in [0.15, 0.2) is 35.7 Å². The summed E-state index contributed by atoms with van der Waals surface area (Å²) in [6.45, 7) is 9.98. The molecule has 6 nitrogen and oxygen atoms in total. The monoisotopic (exact) mass is 426 g/mol. The molecule has 0 N–H and O–H groups in total. The fourth-order valence-electron chi connectivity index (χ4n) is 0.998. The van der Waals surface area contributed by atoms with Gasteiger partial charge in [0.05, 0.1) is 0 Å². The van der Waals surface area contributed by atoms with E-state index in [9.17, 15) is 28.4 Å². The van der Waals surface area contributed by atoms with Gasteiger partial charge in [-0.3, -0.25) is 0 Å². The van der Waals surface area contributed by atoms with E-state index in [4.69, 9.17) is 0 Å². The van der Waals surface area contributed by atoms with E-state index in [0.29, 0.717) is 0 Å². The molecule has 0 bridgehead atoms. The summed E-state index contributed by atoms with van der Waals surface area (Å²) in [7, 11) is -9.31. The molecule has 144 valence electrons. The maximum absolute atomic E-state index is 10.5. The predicted octanol–water partition coefficient (Wildman–Crippen LogP) is 3.15. The van der Waals surface area contributed by atoms with E-state index in [2.05, 4.69) is 0 Å². The molecule has 0 spiro atoms. The average Bonchev–Trinajstić information content (AvgIpc) is 2.48. The van der Waals surface area contributed by atoms with Crippen molar-refractivity contribution < 1.29 is 28.4 Å². The minimum absolute atomic E-state index is 0.